The molecule has 0 aliphatic rings. The highest BCUT2D eigenvalue weighted by Crippen LogP contribution is 2.08. The molecule has 0 radical (unpaired) electrons. The predicted molar refractivity (Wildman–Crippen MR) is 61.1 cm³/mol. The van der Waals surface area contributed by atoms with Crippen molar-refractivity contribution in [3.05, 3.63) is 34.9 Å². The van der Waals surface area contributed by atoms with E-state index in [1.807, 2.05) is 38.1 Å². The Morgan fingerprint density at radius 1 is 1.38 bits per heavy atom. The van der Waals surface area contributed by atoms with Crippen LogP contribution in [0.25, 0.3) is 0 Å². The minimum absolute atomic E-state index is 0.0281. The highest BCUT2D eigenvalue weighted by atomic mass is 35.5. The number of carboxylic acids is 1. The van der Waals surface area contributed by atoms with Gasteiger partial charge in [0.15, 0.2) is 0 Å². The second kappa shape index (κ2) is 5.87. The van der Waals surface area contributed by atoms with Crippen LogP contribution in [0.4, 0.5) is 0 Å². The second-order valence-electron chi connectivity index (χ2n) is 4.16. The fourth-order valence-electron chi connectivity index (χ4n) is 1.52. The van der Waals surface area contributed by atoms with Gasteiger partial charge in [-0.1, -0.05) is 23.7 Å². The van der Waals surface area contributed by atoms with Crippen molar-refractivity contribution in [3.8, 4) is 0 Å². The molecule has 1 aromatic rings. The van der Waals surface area contributed by atoms with E-state index in [-0.39, 0.29) is 12.6 Å². The summed E-state index contributed by atoms with van der Waals surface area (Å²) >= 11 is 5.78. The first-order chi connectivity index (χ1) is 7.49. The van der Waals surface area contributed by atoms with Crippen LogP contribution < -0.4 is 10.0 Å². The van der Waals surface area contributed by atoms with Crippen LogP contribution in [0, 0.1) is 0 Å². The molecular formula is C12H16ClNO2. The molecule has 0 aliphatic heterocycles. The van der Waals surface area contributed by atoms with Crippen molar-refractivity contribution in [3.63, 3.8) is 0 Å². The maximum Gasteiger partial charge on any atom is 0.118 e. The minimum atomic E-state index is -1.02. The number of aliphatic carboxylic acids is 1. The molecule has 0 bridgehead atoms. The Morgan fingerprint density at radius 2 is 1.94 bits per heavy atom. The Balaban J connectivity index is 2.67. The van der Waals surface area contributed by atoms with Crippen LogP contribution in [0.15, 0.2) is 24.3 Å². The number of quaternary nitrogens is 1. The third-order valence-electron chi connectivity index (χ3n) is 2.53. The van der Waals surface area contributed by atoms with Gasteiger partial charge in [-0.3, -0.25) is 0 Å². The van der Waals surface area contributed by atoms with Crippen LogP contribution in [-0.2, 0) is 11.3 Å². The summed E-state index contributed by atoms with van der Waals surface area (Å²) in [5, 5.41) is 11.3. The molecule has 1 aromatic carbocycles. The summed E-state index contributed by atoms with van der Waals surface area (Å²) in [6.45, 7) is 4.69. The molecule has 0 spiro atoms. The lowest BCUT2D eigenvalue weighted by Gasteiger charge is -2.23. The van der Waals surface area contributed by atoms with E-state index < -0.39 is 5.97 Å². The van der Waals surface area contributed by atoms with Gasteiger partial charge in [-0.2, -0.15) is 0 Å². The Morgan fingerprint density at radius 3 is 2.38 bits per heavy atom. The summed E-state index contributed by atoms with van der Waals surface area (Å²) in [6, 6.07) is 7.70. The first kappa shape index (κ1) is 13.0. The number of rotatable bonds is 5. The molecule has 0 saturated heterocycles. The second-order valence-corrected chi connectivity index (χ2v) is 4.60. The van der Waals surface area contributed by atoms with Crippen molar-refractivity contribution >= 4 is 17.6 Å². The highest BCUT2D eigenvalue weighted by Gasteiger charge is 2.13. The van der Waals surface area contributed by atoms with Crippen LogP contribution >= 0.6 is 11.6 Å². The molecular weight excluding hydrogens is 226 g/mol. The summed E-state index contributed by atoms with van der Waals surface area (Å²) in [6.07, 6.45) is 0. The van der Waals surface area contributed by atoms with Gasteiger partial charge in [0.2, 0.25) is 0 Å². The van der Waals surface area contributed by atoms with Gasteiger partial charge in [-0.25, -0.2) is 0 Å². The van der Waals surface area contributed by atoms with Crippen LogP contribution in [0.3, 0.4) is 0 Å². The van der Waals surface area contributed by atoms with E-state index >= 15 is 0 Å². The van der Waals surface area contributed by atoms with Gasteiger partial charge in [0.05, 0.1) is 12.0 Å². The zero-order chi connectivity index (χ0) is 12.1. The number of nitrogens with one attached hydrogen (secondary N) is 1. The number of carbonyl (C=O) groups excluding carboxylic acids is 1. The SMILES string of the molecule is CC(C)[NH+](CC(=O)[O-])Cc1ccc(Cl)cc1. The fourth-order valence-corrected chi connectivity index (χ4v) is 1.65. The lowest BCUT2D eigenvalue weighted by molar-refractivity contribution is -0.929. The summed E-state index contributed by atoms with van der Waals surface area (Å²) < 4.78 is 0. The van der Waals surface area contributed by atoms with Crippen molar-refractivity contribution in [2.45, 2.75) is 26.4 Å². The van der Waals surface area contributed by atoms with Crippen LogP contribution in [0.1, 0.15) is 19.4 Å². The number of benzene rings is 1. The first-order valence-electron chi connectivity index (χ1n) is 5.28. The number of carboxylic acid groups (broad SMARTS) is 1. The van der Waals surface area contributed by atoms with E-state index in [1.165, 1.54) is 0 Å². The average Bonchev–Trinajstić information content (AvgIpc) is 2.19. The first-order valence-corrected chi connectivity index (χ1v) is 5.65. The minimum Gasteiger partial charge on any atom is -0.544 e. The summed E-state index contributed by atoms with van der Waals surface area (Å²) in [7, 11) is 0. The zero-order valence-electron chi connectivity index (χ0n) is 9.50. The standard InChI is InChI=1S/C12H16ClNO2/c1-9(2)14(8-12(15)16)7-10-3-5-11(13)6-4-10/h3-6,9H,7-8H2,1-2H3,(H,15,16). The third kappa shape index (κ3) is 4.21. The number of hydrogen-bond acceptors (Lipinski definition) is 2. The van der Waals surface area contributed by atoms with Crippen molar-refractivity contribution < 1.29 is 14.8 Å². The molecule has 0 aliphatic carbocycles. The van der Waals surface area contributed by atoms with Gasteiger partial charge in [0.1, 0.15) is 13.1 Å². The van der Waals surface area contributed by atoms with E-state index in [4.69, 9.17) is 11.6 Å². The highest BCUT2D eigenvalue weighted by molar-refractivity contribution is 6.30. The van der Waals surface area contributed by atoms with Crippen LogP contribution in [0.5, 0.6) is 0 Å². The Hall–Kier alpha value is -1.06. The van der Waals surface area contributed by atoms with Gasteiger partial charge in [0, 0.05) is 10.6 Å². The van der Waals surface area contributed by atoms with Gasteiger partial charge in [-0.15, -0.1) is 0 Å². The lowest BCUT2D eigenvalue weighted by atomic mass is 10.2. The molecule has 1 atom stereocenters. The Bertz CT molecular complexity index is 349. The molecule has 88 valence electrons. The lowest BCUT2D eigenvalue weighted by Crippen LogP contribution is -3.15. The van der Waals surface area contributed by atoms with Gasteiger partial charge in [0.25, 0.3) is 0 Å². The predicted octanol–water partition coefficient (Wildman–Crippen LogP) is -0.117. The molecule has 3 nitrogen and oxygen atoms in total. The van der Waals surface area contributed by atoms with Gasteiger partial charge < -0.3 is 14.8 Å². The molecule has 0 aromatic heterocycles. The molecule has 0 amide bonds. The number of halogens is 1. The maximum absolute atomic E-state index is 10.6. The number of carbonyl (C=O) groups is 1. The quantitative estimate of drug-likeness (QED) is 0.782. The van der Waals surface area contributed by atoms with E-state index in [0.29, 0.717) is 11.6 Å². The zero-order valence-corrected chi connectivity index (χ0v) is 10.3. The molecule has 1 rings (SSSR count). The number of hydrogen-bond donors (Lipinski definition) is 1. The van der Waals surface area contributed by atoms with Crippen LogP contribution in [-0.4, -0.2) is 18.6 Å². The van der Waals surface area contributed by atoms with E-state index in [2.05, 4.69) is 0 Å². The molecule has 0 fully saturated rings. The van der Waals surface area contributed by atoms with Crippen molar-refractivity contribution in [1.82, 2.24) is 0 Å². The Kier molecular flexibility index (Phi) is 4.77. The van der Waals surface area contributed by atoms with E-state index in [9.17, 15) is 9.90 Å². The summed E-state index contributed by atoms with van der Waals surface area (Å²) in [5.74, 6) is -1.02. The van der Waals surface area contributed by atoms with E-state index in [1.54, 1.807) is 0 Å². The van der Waals surface area contributed by atoms with Gasteiger partial charge in [-0.05, 0) is 26.0 Å². The topological polar surface area (TPSA) is 44.6 Å². The Labute approximate surface area is 101 Å². The monoisotopic (exact) mass is 241 g/mol. The largest absolute Gasteiger partial charge is 0.544 e. The molecule has 4 heteroatoms. The third-order valence-corrected chi connectivity index (χ3v) is 2.78. The normalized spacial score (nSPS) is 12.8. The average molecular weight is 242 g/mol. The maximum atomic E-state index is 10.6. The molecule has 1 N–H and O–H groups in total. The van der Waals surface area contributed by atoms with Crippen LogP contribution in [0.2, 0.25) is 5.02 Å². The molecule has 0 heterocycles. The van der Waals surface area contributed by atoms with E-state index in [0.717, 1.165) is 10.5 Å². The van der Waals surface area contributed by atoms with Crippen molar-refractivity contribution in [2.24, 2.45) is 0 Å². The fraction of sp³-hybridized carbons (Fsp3) is 0.417. The van der Waals surface area contributed by atoms with Crippen molar-refractivity contribution in [2.75, 3.05) is 6.54 Å². The van der Waals surface area contributed by atoms with Crippen molar-refractivity contribution in [1.29, 1.82) is 0 Å². The summed E-state index contributed by atoms with van der Waals surface area (Å²) in [4.78, 5) is 11.6. The smallest absolute Gasteiger partial charge is 0.118 e. The molecule has 0 saturated carbocycles. The molecule has 1 unspecified atom stereocenters. The van der Waals surface area contributed by atoms with Gasteiger partial charge >= 0.3 is 0 Å². The summed E-state index contributed by atoms with van der Waals surface area (Å²) in [5.41, 5.74) is 1.08. The molecule has 16 heavy (non-hydrogen) atoms.